The third-order valence-corrected chi connectivity index (χ3v) is 3.52. The topological polar surface area (TPSA) is 12.0 Å². The molecule has 0 aliphatic rings. The monoisotopic (exact) mass is 261 g/mol. The molecule has 3 heteroatoms. The fourth-order valence-electron chi connectivity index (χ4n) is 1.05. The van der Waals surface area contributed by atoms with Crippen molar-refractivity contribution in [3.8, 4) is 0 Å². The average molecular weight is 262 g/mol. The van der Waals surface area contributed by atoms with E-state index in [4.69, 9.17) is 0 Å². The summed E-state index contributed by atoms with van der Waals surface area (Å²) >= 11 is 5.25. The number of rotatable bonds is 5. The first-order valence-electron chi connectivity index (χ1n) is 4.62. The molecule has 0 saturated carbocycles. The summed E-state index contributed by atoms with van der Waals surface area (Å²) in [7, 11) is 0. The standard InChI is InChI=1S/C10H16BrNS/c1-8(2)3-4-12-6-10-5-9(11)7-13-10/h5,7-8,12H,3-4,6H2,1-2H3. The summed E-state index contributed by atoms with van der Waals surface area (Å²) in [5, 5.41) is 5.56. The van der Waals surface area contributed by atoms with Crippen LogP contribution >= 0.6 is 27.3 Å². The fourth-order valence-corrected chi connectivity index (χ4v) is 2.47. The van der Waals surface area contributed by atoms with E-state index in [0.717, 1.165) is 19.0 Å². The Balaban J connectivity index is 2.13. The van der Waals surface area contributed by atoms with Gasteiger partial charge in [-0.2, -0.15) is 0 Å². The Kier molecular flexibility index (Phi) is 4.99. The van der Waals surface area contributed by atoms with Crippen LogP contribution in [0.25, 0.3) is 0 Å². The maximum absolute atomic E-state index is 3.45. The lowest BCUT2D eigenvalue weighted by Crippen LogP contribution is -2.15. The van der Waals surface area contributed by atoms with E-state index in [-0.39, 0.29) is 0 Å². The van der Waals surface area contributed by atoms with E-state index < -0.39 is 0 Å². The molecule has 0 aromatic carbocycles. The first-order valence-corrected chi connectivity index (χ1v) is 6.29. The molecule has 0 spiro atoms. The molecule has 1 heterocycles. The lowest BCUT2D eigenvalue weighted by molar-refractivity contribution is 0.539. The maximum Gasteiger partial charge on any atom is 0.0300 e. The lowest BCUT2D eigenvalue weighted by Gasteiger charge is -2.04. The minimum Gasteiger partial charge on any atom is -0.312 e. The number of halogens is 1. The first kappa shape index (κ1) is 11.2. The van der Waals surface area contributed by atoms with Crippen molar-refractivity contribution < 1.29 is 0 Å². The first-order chi connectivity index (χ1) is 6.18. The van der Waals surface area contributed by atoms with Gasteiger partial charge in [0.2, 0.25) is 0 Å². The molecule has 0 aliphatic heterocycles. The molecular weight excluding hydrogens is 246 g/mol. The summed E-state index contributed by atoms with van der Waals surface area (Å²) in [5.74, 6) is 0.794. The van der Waals surface area contributed by atoms with Crippen LogP contribution in [-0.2, 0) is 6.54 Å². The quantitative estimate of drug-likeness (QED) is 0.799. The molecule has 74 valence electrons. The van der Waals surface area contributed by atoms with Crippen molar-refractivity contribution in [1.29, 1.82) is 0 Å². The van der Waals surface area contributed by atoms with Crippen LogP contribution in [0.15, 0.2) is 15.9 Å². The molecule has 1 N–H and O–H groups in total. The SMILES string of the molecule is CC(C)CCNCc1cc(Br)cs1. The highest BCUT2D eigenvalue weighted by molar-refractivity contribution is 9.10. The lowest BCUT2D eigenvalue weighted by atomic mass is 10.1. The van der Waals surface area contributed by atoms with Gasteiger partial charge in [-0.05, 0) is 40.9 Å². The number of thiophene rings is 1. The Hall–Kier alpha value is 0.140. The minimum absolute atomic E-state index is 0.794. The zero-order valence-corrected chi connectivity index (χ0v) is 10.5. The molecule has 1 aromatic heterocycles. The van der Waals surface area contributed by atoms with Gasteiger partial charge in [-0.15, -0.1) is 11.3 Å². The Morgan fingerprint density at radius 2 is 2.31 bits per heavy atom. The van der Waals surface area contributed by atoms with E-state index in [1.165, 1.54) is 15.8 Å². The molecule has 13 heavy (non-hydrogen) atoms. The van der Waals surface area contributed by atoms with Crippen molar-refractivity contribution in [2.45, 2.75) is 26.8 Å². The van der Waals surface area contributed by atoms with Crippen molar-refractivity contribution in [3.63, 3.8) is 0 Å². The number of hydrogen-bond donors (Lipinski definition) is 1. The van der Waals surface area contributed by atoms with Gasteiger partial charge in [0.05, 0.1) is 0 Å². The summed E-state index contributed by atoms with van der Waals surface area (Å²) in [6, 6.07) is 2.17. The summed E-state index contributed by atoms with van der Waals surface area (Å²) in [6.07, 6.45) is 1.26. The van der Waals surface area contributed by atoms with Crippen LogP contribution in [0.3, 0.4) is 0 Å². The molecule has 0 atom stereocenters. The smallest absolute Gasteiger partial charge is 0.0300 e. The largest absolute Gasteiger partial charge is 0.312 e. The molecule has 0 bridgehead atoms. The van der Waals surface area contributed by atoms with Gasteiger partial charge >= 0.3 is 0 Å². The summed E-state index contributed by atoms with van der Waals surface area (Å²) in [6.45, 7) is 6.63. The Labute approximate surface area is 92.7 Å². The van der Waals surface area contributed by atoms with Crippen LogP contribution in [0.1, 0.15) is 25.1 Å². The average Bonchev–Trinajstić information content (AvgIpc) is 2.45. The molecule has 0 aliphatic carbocycles. The second kappa shape index (κ2) is 5.78. The normalized spacial score (nSPS) is 11.1. The van der Waals surface area contributed by atoms with Gasteiger partial charge in [0, 0.05) is 21.3 Å². The Morgan fingerprint density at radius 1 is 1.54 bits per heavy atom. The molecule has 1 rings (SSSR count). The molecule has 0 radical (unpaired) electrons. The van der Waals surface area contributed by atoms with Crippen LogP contribution in [0, 0.1) is 5.92 Å². The second-order valence-corrected chi connectivity index (χ2v) is 5.50. The molecule has 1 nitrogen and oxygen atoms in total. The summed E-state index contributed by atoms with van der Waals surface area (Å²) in [4.78, 5) is 1.40. The highest BCUT2D eigenvalue weighted by Gasteiger charge is 1.97. The highest BCUT2D eigenvalue weighted by Crippen LogP contribution is 2.19. The van der Waals surface area contributed by atoms with Gasteiger partial charge in [-0.3, -0.25) is 0 Å². The van der Waals surface area contributed by atoms with Crippen LogP contribution in [-0.4, -0.2) is 6.54 Å². The van der Waals surface area contributed by atoms with Gasteiger partial charge in [-0.25, -0.2) is 0 Å². The van der Waals surface area contributed by atoms with Crippen molar-refractivity contribution in [2.75, 3.05) is 6.54 Å². The van der Waals surface area contributed by atoms with E-state index >= 15 is 0 Å². The van der Waals surface area contributed by atoms with Gasteiger partial charge in [0.15, 0.2) is 0 Å². The molecule has 0 fully saturated rings. The fraction of sp³-hybridized carbons (Fsp3) is 0.600. The van der Waals surface area contributed by atoms with E-state index in [1.54, 1.807) is 11.3 Å². The molecule has 0 unspecified atom stereocenters. The summed E-state index contributed by atoms with van der Waals surface area (Å²) in [5.41, 5.74) is 0. The van der Waals surface area contributed by atoms with Crippen LogP contribution in [0.4, 0.5) is 0 Å². The predicted octanol–water partition coefficient (Wildman–Crippen LogP) is 3.65. The Bertz CT molecular complexity index is 245. The van der Waals surface area contributed by atoms with E-state index in [2.05, 4.69) is 46.5 Å². The molecular formula is C10H16BrNS. The molecule has 0 amide bonds. The van der Waals surface area contributed by atoms with Crippen molar-refractivity contribution >= 4 is 27.3 Å². The van der Waals surface area contributed by atoms with E-state index in [1.807, 2.05) is 0 Å². The van der Waals surface area contributed by atoms with E-state index in [9.17, 15) is 0 Å². The predicted molar refractivity (Wildman–Crippen MR) is 63.2 cm³/mol. The highest BCUT2D eigenvalue weighted by atomic mass is 79.9. The van der Waals surface area contributed by atoms with E-state index in [0.29, 0.717) is 0 Å². The van der Waals surface area contributed by atoms with Gasteiger partial charge in [0.1, 0.15) is 0 Å². The zero-order chi connectivity index (χ0) is 9.68. The summed E-state index contributed by atoms with van der Waals surface area (Å²) < 4.78 is 1.19. The third-order valence-electron chi connectivity index (χ3n) is 1.82. The van der Waals surface area contributed by atoms with Crippen LogP contribution in [0.2, 0.25) is 0 Å². The van der Waals surface area contributed by atoms with Crippen LogP contribution in [0.5, 0.6) is 0 Å². The number of hydrogen-bond acceptors (Lipinski definition) is 2. The van der Waals surface area contributed by atoms with Crippen molar-refractivity contribution in [1.82, 2.24) is 5.32 Å². The third kappa shape index (κ3) is 4.79. The Morgan fingerprint density at radius 3 is 2.85 bits per heavy atom. The van der Waals surface area contributed by atoms with Gasteiger partial charge < -0.3 is 5.32 Å². The number of nitrogens with one attached hydrogen (secondary N) is 1. The van der Waals surface area contributed by atoms with Gasteiger partial charge in [0.25, 0.3) is 0 Å². The van der Waals surface area contributed by atoms with Gasteiger partial charge in [-0.1, -0.05) is 13.8 Å². The zero-order valence-electron chi connectivity index (χ0n) is 8.14. The minimum atomic E-state index is 0.794. The van der Waals surface area contributed by atoms with Crippen molar-refractivity contribution in [2.24, 2.45) is 5.92 Å². The second-order valence-electron chi connectivity index (χ2n) is 3.59. The molecule has 1 aromatic rings. The van der Waals surface area contributed by atoms with Crippen LogP contribution < -0.4 is 5.32 Å². The van der Waals surface area contributed by atoms with Crippen molar-refractivity contribution in [3.05, 3.63) is 20.8 Å². The maximum atomic E-state index is 3.45. The molecule has 0 saturated heterocycles.